The van der Waals surface area contributed by atoms with Gasteiger partial charge in [-0.05, 0) is 42.0 Å². The van der Waals surface area contributed by atoms with Crippen molar-refractivity contribution in [2.75, 3.05) is 24.3 Å². The molecule has 1 amide bonds. The molecule has 0 saturated carbocycles. The molecule has 0 bridgehead atoms. The number of carbonyl (C=O) groups excluding carboxylic acids is 1. The molecule has 2 aromatic carbocycles. The lowest BCUT2D eigenvalue weighted by Crippen LogP contribution is -2.34. The van der Waals surface area contributed by atoms with Crippen LogP contribution in [0, 0.1) is 0 Å². The fourth-order valence-corrected chi connectivity index (χ4v) is 2.18. The van der Waals surface area contributed by atoms with Crippen molar-refractivity contribution in [3.8, 4) is 0 Å². The Balaban J connectivity index is 2.04. The van der Waals surface area contributed by atoms with E-state index in [4.69, 9.17) is 12.2 Å². The molecule has 0 fully saturated rings. The van der Waals surface area contributed by atoms with Crippen molar-refractivity contribution >= 4 is 34.6 Å². The van der Waals surface area contributed by atoms with Crippen LogP contribution in [0.1, 0.15) is 5.56 Å². The van der Waals surface area contributed by atoms with E-state index in [-0.39, 0.29) is 5.91 Å². The summed E-state index contributed by atoms with van der Waals surface area (Å²) in [6.45, 7) is 0. The zero-order valence-electron chi connectivity index (χ0n) is 12.7. The summed E-state index contributed by atoms with van der Waals surface area (Å²) in [4.78, 5) is 14.0. The van der Waals surface area contributed by atoms with Crippen molar-refractivity contribution < 1.29 is 4.79 Å². The van der Waals surface area contributed by atoms with Crippen molar-refractivity contribution in [1.82, 2.24) is 5.32 Å². The fourth-order valence-electron chi connectivity index (χ4n) is 2.07. The second kappa shape index (κ2) is 7.56. The van der Waals surface area contributed by atoms with Crippen molar-refractivity contribution in [2.45, 2.75) is 6.42 Å². The molecule has 0 unspecified atom stereocenters. The van der Waals surface area contributed by atoms with Gasteiger partial charge in [0.1, 0.15) is 0 Å². The maximum atomic E-state index is 12.1. The van der Waals surface area contributed by atoms with Crippen LogP contribution in [0.3, 0.4) is 0 Å². The maximum absolute atomic E-state index is 12.1. The SMILES string of the molecule is CNC(=S)N(C)c1cccc(CC(=O)Nc2ccccc2)c1. The number of rotatable bonds is 4. The summed E-state index contributed by atoms with van der Waals surface area (Å²) in [5.74, 6) is -0.0396. The number of benzene rings is 2. The van der Waals surface area contributed by atoms with Crippen LogP contribution < -0.4 is 15.5 Å². The minimum Gasteiger partial charge on any atom is -0.365 e. The third-order valence-electron chi connectivity index (χ3n) is 3.24. The van der Waals surface area contributed by atoms with Gasteiger partial charge in [-0.3, -0.25) is 4.79 Å². The smallest absolute Gasteiger partial charge is 0.228 e. The molecule has 0 aliphatic carbocycles. The quantitative estimate of drug-likeness (QED) is 0.852. The predicted molar refractivity (Wildman–Crippen MR) is 95.3 cm³/mol. The molecular weight excluding hydrogens is 294 g/mol. The first-order valence-electron chi connectivity index (χ1n) is 6.99. The highest BCUT2D eigenvalue weighted by atomic mass is 32.1. The third-order valence-corrected chi connectivity index (χ3v) is 3.72. The molecule has 114 valence electrons. The second-order valence-electron chi connectivity index (χ2n) is 4.88. The molecule has 2 rings (SSSR count). The Labute approximate surface area is 136 Å². The molecule has 0 spiro atoms. The number of hydrogen-bond acceptors (Lipinski definition) is 2. The molecular formula is C17H19N3OS. The Morgan fingerprint density at radius 2 is 1.86 bits per heavy atom. The van der Waals surface area contributed by atoms with Crippen LogP contribution in [-0.4, -0.2) is 25.1 Å². The van der Waals surface area contributed by atoms with E-state index in [9.17, 15) is 4.79 Å². The molecule has 4 nitrogen and oxygen atoms in total. The number of anilines is 2. The van der Waals surface area contributed by atoms with Gasteiger partial charge in [-0.1, -0.05) is 30.3 Å². The first kappa shape index (κ1) is 16.0. The van der Waals surface area contributed by atoms with Crippen molar-refractivity contribution in [1.29, 1.82) is 0 Å². The highest BCUT2D eigenvalue weighted by Crippen LogP contribution is 2.16. The lowest BCUT2D eigenvalue weighted by atomic mass is 10.1. The minimum absolute atomic E-state index is 0.0396. The van der Waals surface area contributed by atoms with Crippen molar-refractivity contribution in [2.24, 2.45) is 0 Å². The van der Waals surface area contributed by atoms with E-state index < -0.39 is 0 Å². The van der Waals surface area contributed by atoms with Crippen LogP contribution >= 0.6 is 12.2 Å². The molecule has 0 atom stereocenters. The Bertz CT molecular complexity index is 658. The molecule has 0 aromatic heterocycles. The Morgan fingerprint density at radius 3 is 2.55 bits per heavy atom. The molecule has 0 aliphatic heterocycles. The molecule has 0 heterocycles. The van der Waals surface area contributed by atoms with Gasteiger partial charge in [-0.25, -0.2) is 0 Å². The monoisotopic (exact) mass is 313 g/mol. The zero-order valence-corrected chi connectivity index (χ0v) is 13.5. The summed E-state index contributed by atoms with van der Waals surface area (Å²) in [6, 6.07) is 17.2. The summed E-state index contributed by atoms with van der Waals surface area (Å²) in [6.07, 6.45) is 0.322. The van der Waals surface area contributed by atoms with E-state index in [2.05, 4.69) is 10.6 Å². The van der Waals surface area contributed by atoms with Gasteiger partial charge < -0.3 is 15.5 Å². The number of hydrogen-bond donors (Lipinski definition) is 2. The van der Waals surface area contributed by atoms with Crippen LogP contribution in [0.5, 0.6) is 0 Å². The predicted octanol–water partition coefficient (Wildman–Crippen LogP) is 2.81. The highest BCUT2D eigenvalue weighted by molar-refractivity contribution is 7.80. The summed E-state index contributed by atoms with van der Waals surface area (Å²) < 4.78 is 0. The molecule has 5 heteroatoms. The molecule has 0 saturated heterocycles. The first-order valence-corrected chi connectivity index (χ1v) is 7.40. The number of nitrogens with one attached hydrogen (secondary N) is 2. The number of amides is 1. The van der Waals surface area contributed by atoms with Crippen LogP contribution in [-0.2, 0) is 11.2 Å². The van der Waals surface area contributed by atoms with Gasteiger partial charge in [0.15, 0.2) is 5.11 Å². The average Bonchev–Trinajstić information content (AvgIpc) is 2.54. The van der Waals surface area contributed by atoms with Crippen LogP contribution in [0.4, 0.5) is 11.4 Å². The Hall–Kier alpha value is -2.40. The van der Waals surface area contributed by atoms with Crippen LogP contribution in [0.2, 0.25) is 0 Å². The van der Waals surface area contributed by atoms with Crippen LogP contribution in [0.25, 0.3) is 0 Å². The normalized spacial score (nSPS) is 9.91. The lowest BCUT2D eigenvalue weighted by Gasteiger charge is -2.20. The summed E-state index contributed by atoms with van der Waals surface area (Å²) in [7, 11) is 3.68. The van der Waals surface area contributed by atoms with E-state index in [1.165, 1.54) is 0 Å². The van der Waals surface area contributed by atoms with Gasteiger partial charge in [0.2, 0.25) is 5.91 Å². The van der Waals surface area contributed by atoms with E-state index in [0.29, 0.717) is 11.5 Å². The third kappa shape index (κ3) is 4.30. The zero-order chi connectivity index (χ0) is 15.9. The van der Waals surface area contributed by atoms with Crippen molar-refractivity contribution in [3.63, 3.8) is 0 Å². The van der Waals surface area contributed by atoms with E-state index in [1.807, 2.05) is 66.5 Å². The Kier molecular flexibility index (Phi) is 5.49. The fraction of sp³-hybridized carbons (Fsp3) is 0.176. The number of nitrogens with zero attached hydrogens (tertiary/aromatic N) is 1. The number of thiocarbonyl (C=S) groups is 1. The van der Waals surface area contributed by atoms with E-state index in [0.717, 1.165) is 16.9 Å². The van der Waals surface area contributed by atoms with Crippen molar-refractivity contribution in [3.05, 3.63) is 60.2 Å². The van der Waals surface area contributed by atoms with Gasteiger partial charge in [0.05, 0.1) is 6.42 Å². The largest absolute Gasteiger partial charge is 0.365 e. The molecule has 22 heavy (non-hydrogen) atoms. The highest BCUT2D eigenvalue weighted by Gasteiger charge is 2.08. The van der Waals surface area contributed by atoms with Gasteiger partial charge >= 0.3 is 0 Å². The van der Waals surface area contributed by atoms with Gasteiger partial charge in [-0.2, -0.15) is 0 Å². The minimum atomic E-state index is -0.0396. The topological polar surface area (TPSA) is 44.4 Å². The number of para-hydroxylation sites is 1. The summed E-state index contributed by atoms with van der Waals surface area (Å²) in [5, 5.41) is 6.45. The molecule has 0 aliphatic rings. The second-order valence-corrected chi connectivity index (χ2v) is 5.26. The van der Waals surface area contributed by atoms with E-state index >= 15 is 0 Å². The maximum Gasteiger partial charge on any atom is 0.228 e. The van der Waals surface area contributed by atoms with Crippen LogP contribution in [0.15, 0.2) is 54.6 Å². The number of carbonyl (C=O) groups is 1. The van der Waals surface area contributed by atoms with Gasteiger partial charge in [0, 0.05) is 25.5 Å². The molecule has 2 aromatic rings. The average molecular weight is 313 g/mol. The molecule has 0 radical (unpaired) electrons. The summed E-state index contributed by atoms with van der Waals surface area (Å²) >= 11 is 5.21. The van der Waals surface area contributed by atoms with E-state index in [1.54, 1.807) is 7.05 Å². The first-order chi connectivity index (χ1) is 10.6. The molecule has 2 N–H and O–H groups in total. The summed E-state index contributed by atoms with van der Waals surface area (Å²) in [5.41, 5.74) is 2.69. The van der Waals surface area contributed by atoms with Gasteiger partial charge in [0.25, 0.3) is 0 Å². The Morgan fingerprint density at radius 1 is 1.14 bits per heavy atom. The standard InChI is InChI=1S/C17H19N3OS/c1-18-17(22)20(2)15-10-6-7-13(11-15)12-16(21)19-14-8-4-3-5-9-14/h3-11H,12H2,1-2H3,(H,18,22)(H,19,21). The lowest BCUT2D eigenvalue weighted by molar-refractivity contribution is -0.115. The van der Waals surface area contributed by atoms with Gasteiger partial charge in [-0.15, -0.1) is 0 Å².